The molecule has 1 heterocycles. The fourth-order valence-electron chi connectivity index (χ4n) is 2.42. The SMILES string of the molecule is CC(C)(C)c1cc(NC(=O)Nc2ccc(OCc3ccc(F)cc3O)cc2)no1. The minimum atomic E-state index is -0.514. The third-order valence-electron chi connectivity index (χ3n) is 4.04. The molecule has 2 aromatic carbocycles. The number of phenols is 1. The number of anilines is 2. The third-order valence-corrected chi connectivity index (χ3v) is 4.04. The molecule has 0 aliphatic heterocycles. The number of hydrogen-bond acceptors (Lipinski definition) is 5. The van der Waals surface area contributed by atoms with E-state index in [0.717, 1.165) is 6.07 Å². The van der Waals surface area contributed by atoms with Gasteiger partial charge in [0.15, 0.2) is 5.82 Å². The average molecular weight is 399 g/mol. The summed E-state index contributed by atoms with van der Waals surface area (Å²) in [6.45, 7) is 6.04. The van der Waals surface area contributed by atoms with Gasteiger partial charge < -0.3 is 19.7 Å². The highest BCUT2D eigenvalue weighted by Gasteiger charge is 2.20. The van der Waals surface area contributed by atoms with Crippen LogP contribution in [0.25, 0.3) is 0 Å². The number of ether oxygens (including phenoxy) is 1. The number of halogens is 1. The highest BCUT2D eigenvalue weighted by molar-refractivity contribution is 5.99. The van der Waals surface area contributed by atoms with Gasteiger partial charge in [0.25, 0.3) is 0 Å². The molecule has 3 aromatic rings. The van der Waals surface area contributed by atoms with Crippen molar-refractivity contribution >= 4 is 17.5 Å². The van der Waals surface area contributed by atoms with Gasteiger partial charge in [-0.05, 0) is 36.4 Å². The molecule has 3 rings (SSSR count). The van der Waals surface area contributed by atoms with Crippen molar-refractivity contribution in [2.45, 2.75) is 32.8 Å². The van der Waals surface area contributed by atoms with E-state index in [4.69, 9.17) is 9.26 Å². The normalized spacial score (nSPS) is 11.2. The maximum Gasteiger partial charge on any atom is 0.324 e. The lowest BCUT2D eigenvalue weighted by Crippen LogP contribution is -2.19. The molecule has 0 aliphatic carbocycles. The van der Waals surface area contributed by atoms with Crippen LogP contribution in [0.5, 0.6) is 11.5 Å². The van der Waals surface area contributed by atoms with Crippen LogP contribution in [0.15, 0.2) is 53.1 Å². The number of hydrogen-bond donors (Lipinski definition) is 3. The molecular weight excluding hydrogens is 377 g/mol. The molecule has 8 heteroatoms. The molecule has 0 unspecified atom stereocenters. The number of phenolic OH excluding ortho intramolecular Hbond substituents is 1. The highest BCUT2D eigenvalue weighted by atomic mass is 19.1. The topological polar surface area (TPSA) is 96.6 Å². The molecule has 0 atom stereocenters. The number of amides is 2. The van der Waals surface area contributed by atoms with Crippen molar-refractivity contribution < 1.29 is 23.6 Å². The molecule has 0 saturated heterocycles. The van der Waals surface area contributed by atoms with Crippen LogP contribution in [-0.2, 0) is 12.0 Å². The van der Waals surface area contributed by atoms with E-state index >= 15 is 0 Å². The van der Waals surface area contributed by atoms with E-state index in [1.165, 1.54) is 12.1 Å². The number of carbonyl (C=O) groups is 1. The summed E-state index contributed by atoms with van der Waals surface area (Å²) in [5.41, 5.74) is 0.818. The summed E-state index contributed by atoms with van der Waals surface area (Å²) in [6, 6.07) is 11.7. The second kappa shape index (κ2) is 8.22. The maximum absolute atomic E-state index is 13.0. The van der Waals surface area contributed by atoms with Gasteiger partial charge >= 0.3 is 6.03 Å². The fraction of sp³-hybridized carbons (Fsp3) is 0.238. The molecule has 152 valence electrons. The third kappa shape index (κ3) is 5.47. The zero-order valence-corrected chi connectivity index (χ0v) is 16.3. The van der Waals surface area contributed by atoms with Crippen molar-refractivity contribution in [3.05, 3.63) is 65.7 Å². The summed E-state index contributed by atoms with van der Waals surface area (Å²) < 4.78 is 23.8. The van der Waals surface area contributed by atoms with E-state index in [1.807, 2.05) is 20.8 Å². The minimum absolute atomic E-state index is 0.0850. The van der Waals surface area contributed by atoms with Crippen LogP contribution in [0.3, 0.4) is 0 Å². The van der Waals surface area contributed by atoms with Gasteiger partial charge in [-0.3, -0.25) is 5.32 Å². The van der Waals surface area contributed by atoms with Gasteiger partial charge in [0, 0.05) is 28.8 Å². The molecule has 0 aliphatic rings. The summed E-state index contributed by atoms with van der Waals surface area (Å²) in [4.78, 5) is 12.1. The summed E-state index contributed by atoms with van der Waals surface area (Å²) in [6.07, 6.45) is 0. The second-order valence-electron chi connectivity index (χ2n) is 7.49. The van der Waals surface area contributed by atoms with Crippen LogP contribution in [0, 0.1) is 5.82 Å². The number of rotatable bonds is 5. The summed E-state index contributed by atoms with van der Waals surface area (Å²) in [7, 11) is 0. The lowest BCUT2D eigenvalue weighted by molar-refractivity contribution is 0.261. The Morgan fingerprint density at radius 3 is 2.48 bits per heavy atom. The van der Waals surface area contributed by atoms with Crippen molar-refractivity contribution in [2.75, 3.05) is 10.6 Å². The van der Waals surface area contributed by atoms with Crippen molar-refractivity contribution in [3.63, 3.8) is 0 Å². The predicted molar refractivity (Wildman–Crippen MR) is 107 cm³/mol. The monoisotopic (exact) mass is 399 g/mol. The predicted octanol–water partition coefficient (Wildman–Crippen LogP) is 5.04. The van der Waals surface area contributed by atoms with Crippen LogP contribution in [0.1, 0.15) is 32.1 Å². The Balaban J connectivity index is 1.53. The molecule has 0 bridgehead atoms. The van der Waals surface area contributed by atoms with Gasteiger partial charge in [-0.15, -0.1) is 0 Å². The Morgan fingerprint density at radius 1 is 1.14 bits per heavy atom. The number of aromatic nitrogens is 1. The van der Waals surface area contributed by atoms with Crippen molar-refractivity contribution in [3.8, 4) is 11.5 Å². The number of nitrogens with one attached hydrogen (secondary N) is 2. The van der Waals surface area contributed by atoms with Gasteiger partial charge in [0.05, 0.1) is 0 Å². The largest absolute Gasteiger partial charge is 0.507 e. The standard InChI is InChI=1S/C21H22FN3O4/c1-21(2,3)18-11-19(25-29-18)24-20(27)23-15-6-8-16(9-7-15)28-12-13-4-5-14(22)10-17(13)26/h4-11,26H,12H2,1-3H3,(H2,23,24,25,27). The van der Waals surface area contributed by atoms with Crippen LogP contribution in [-0.4, -0.2) is 16.3 Å². The Hall–Kier alpha value is -3.55. The van der Waals surface area contributed by atoms with Crippen LogP contribution < -0.4 is 15.4 Å². The zero-order valence-electron chi connectivity index (χ0n) is 16.3. The van der Waals surface area contributed by atoms with Crippen LogP contribution in [0.2, 0.25) is 0 Å². The van der Waals surface area contributed by atoms with Gasteiger partial charge in [-0.2, -0.15) is 0 Å². The summed E-state index contributed by atoms with van der Waals surface area (Å²) in [5.74, 6) is 0.849. The first-order valence-electron chi connectivity index (χ1n) is 8.96. The molecule has 1 aromatic heterocycles. The highest BCUT2D eigenvalue weighted by Crippen LogP contribution is 2.25. The van der Waals surface area contributed by atoms with Gasteiger partial charge in [-0.1, -0.05) is 25.9 Å². The van der Waals surface area contributed by atoms with E-state index in [2.05, 4.69) is 15.8 Å². The quantitative estimate of drug-likeness (QED) is 0.558. The molecule has 7 nitrogen and oxygen atoms in total. The molecule has 3 N–H and O–H groups in total. The maximum atomic E-state index is 13.0. The molecule has 0 spiro atoms. The van der Waals surface area contributed by atoms with E-state index in [0.29, 0.717) is 28.6 Å². The summed E-state index contributed by atoms with van der Waals surface area (Å²) in [5, 5.41) is 18.8. The molecular formula is C21H22FN3O4. The Morgan fingerprint density at radius 2 is 1.86 bits per heavy atom. The molecule has 0 fully saturated rings. The van der Waals surface area contributed by atoms with Crippen molar-refractivity contribution in [1.82, 2.24) is 5.16 Å². The molecule has 0 saturated carbocycles. The van der Waals surface area contributed by atoms with E-state index in [9.17, 15) is 14.3 Å². The number of carbonyl (C=O) groups excluding carboxylic acids is 1. The number of benzene rings is 2. The van der Waals surface area contributed by atoms with E-state index in [-0.39, 0.29) is 17.8 Å². The average Bonchev–Trinajstić information content (AvgIpc) is 3.11. The number of urea groups is 1. The Bertz CT molecular complexity index is 994. The fourth-order valence-corrected chi connectivity index (χ4v) is 2.42. The van der Waals surface area contributed by atoms with Crippen molar-refractivity contribution in [1.29, 1.82) is 0 Å². The Kier molecular flexibility index (Phi) is 5.72. The van der Waals surface area contributed by atoms with Gasteiger partial charge in [-0.25, -0.2) is 9.18 Å². The number of nitrogens with zero attached hydrogens (tertiary/aromatic N) is 1. The van der Waals surface area contributed by atoms with E-state index < -0.39 is 11.8 Å². The van der Waals surface area contributed by atoms with Gasteiger partial charge in [0.2, 0.25) is 0 Å². The number of aromatic hydroxyl groups is 1. The van der Waals surface area contributed by atoms with Crippen LogP contribution in [0.4, 0.5) is 20.7 Å². The van der Waals surface area contributed by atoms with Gasteiger partial charge in [0.1, 0.15) is 29.7 Å². The smallest absolute Gasteiger partial charge is 0.324 e. The molecule has 2 amide bonds. The first-order chi connectivity index (χ1) is 13.7. The molecule has 0 radical (unpaired) electrons. The van der Waals surface area contributed by atoms with Crippen LogP contribution >= 0.6 is 0 Å². The summed E-state index contributed by atoms with van der Waals surface area (Å²) >= 11 is 0. The first-order valence-corrected chi connectivity index (χ1v) is 8.96. The first kappa shape index (κ1) is 20.2. The lowest BCUT2D eigenvalue weighted by atomic mass is 9.93. The lowest BCUT2D eigenvalue weighted by Gasteiger charge is -2.12. The Labute approximate surface area is 167 Å². The van der Waals surface area contributed by atoms with E-state index in [1.54, 1.807) is 30.3 Å². The van der Waals surface area contributed by atoms with Crippen molar-refractivity contribution in [2.24, 2.45) is 0 Å². The second-order valence-corrected chi connectivity index (χ2v) is 7.49. The molecule has 29 heavy (non-hydrogen) atoms. The zero-order chi connectivity index (χ0) is 21.0. The minimum Gasteiger partial charge on any atom is -0.507 e.